The lowest BCUT2D eigenvalue weighted by Crippen LogP contribution is -2.37. The van der Waals surface area contributed by atoms with Crippen LogP contribution < -0.4 is 9.62 Å². The highest BCUT2D eigenvalue weighted by Crippen LogP contribution is 2.23. The molecule has 9 heteroatoms. The zero-order chi connectivity index (χ0) is 21.0. The summed E-state index contributed by atoms with van der Waals surface area (Å²) in [5.74, 6) is 0.258. The smallest absolute Gasteiger partial charge is 0.245 e. The Morgan fingerprint density at radius 1 is 1.17 bits per heavy atom. The van der Waals surface area contributed by atoms with Gasteiger partial charge in [0.2, 0.25) is 15.9 Å². The summed E-state index contributed by atoms with van der Waals surface area (Å²) in [5, 5.41) is 10.8. The van der Waals surface area contributed by atoms with Gasteiger partial charge < -0.3 is 9.88 Å². The molecule has 0 aliphatic heterocycles. The Hall–Kier alpha value is -3.20. The van der Waals surface area contributed by atoms with E-state index in [1.54, 1.807) is 49.6 Å². The number of hydrogen-bond acceptors (Lipinski definition) is 5. The van der Waals surface area contributed by atoms with Crippen LogP contribution in [0.4, 0.5) is 11.4 Å². The number of nitrogens with zero attached hydrogens (tertiary/aromatic N) is 4. The molecule has 8 nitrogen and oxygen atoms in total. The summed E-state index contributed by atoms with van der Waals surface area (Å²) >= 11 is 0. The summed E-state index contributed by atoms with van der Waals surface area (Å²) in [6, 6.07) is 14.3. The number of aryl methyl sites for hydroxylation is 2. The predicted molar refractivity (Wildman–Crippen MR) is 113 cm³/mol. The maximum atomic E-state index is 12.6. The van der Waals surface area contributed by atoms with E-state index in [-0.39, 0.29) is 6.54 Å². The Kier molecular flexibility index (Phi) is 5.97. The highest BCUT2D eigenvalue weighted by molar-refractivity contribution is 7.92. The molecular weight excluding hydrogens is 390 g/mol. The summed E-state index contributed by atoms with van der Waals surface area (Å²) in [7, 11) is -3.63. The van der Waals surface area contributed by atoms with Gasteiger partial charge in [-0.05, 0) is 37.6 Å². The number of sulfonamides is 1. The SMILES string of the molecule is CCn1cnnc1-c1cccc(NC(=O)CN(c2ccccc2C)S(C)(=O)=O)c1. The molecule has 152 valence electrons. The third-order valence-corrected chi connectivity index (χ3v) is 5.56. The molecule has 0 unspecified atom stereocenters. The van der Waals surface area contributed by atoms with Gasteiger partial charge in [-0.3, -0.25) is 9.10 Å². The Morgan fingerprint density at radius 2 is 1.93 bits per heavy atom. The second kappa shape index (κ2) is 8.44. The van der Waals surface area contributed by atoms with E-state index in [1.807, 2.05) is 23.6 Å². The highest BCUT2D eigenvalue weighted by atomic mass is 32.2. The lowest BCUT2D eigenvalue weighted by molar-refractivity contribution is -0.114. The van der Waals surface area contributed by atoms with Gasteiger partial charge in [0.15, 0.2) is 5.82 Å². The largest absolute Gasteiger partial charge is 0.324 e. The van der Waals surface area contributed by atoms with Crippen molar-refractivity contribution in [2.24, 2.45) is 0 Å². The third kappa shape index (κ3) is 4.80. The molecular formula is C20H23N5O3S. The molecule has 0 saturated carbocycles. The Morgan fingerprint density at radius 3 is 2.62 bits per heavy atom. The molecule has 1 N–H and O–H groups in total. The van der Waals surface area contributed by atoms with E-state index in [9.17, 15) is 13.2 Å². The van der Waals surface area contributed by atoms with Crippen molar-refractivity contribution >= 4 is 27.3 Å². The van der Waals surface area contributed by atoms with Gasteiger partial charge in [0.05, 0.1) is 11.9 Å². The minimum Gasteiger partial charge on any atom is -0.324 e. The van der Waals surface area contributed by atoms with Gasteiger partial charge in [-0.1, -0.05) is 30.3 Å². The molecule has 0 spiro atoms. The van der Waals surface area contributed by atoms with Gasteiger partial charge in [-0.15, -0.1) is 10.2 Å². The van der Waals surface area contributed by atoms with E-state index in [1.165, 1.54) is 0 Å². The predicted octanol–water partition coefficient (Wildman–Crippen LogP) is 2.68. The first-order chi connectivity index (χ1) is 13.8. The number of anilines is 2. The van der Waals surface area contributed by atoms with Crippen molar-refractivity contribution in [3.8, 4) is 11.4 Å². The Balaban J connectivity index is 1.81. The molecule has 1 amide bonds. The van der Waals surface area contributed by atoms with Crippen LogP contribution >= 0.6 is 0 Å². The number of amides is 1. The summed E-state index contributed by atoms with van der Waals surface area (Å²) in [6.45, 7) is 4.19. The molecule has 0 aliphatic rings. The lowest BCUT2D eigenvalue weighted by Gasteiger charge is -2.23. The Bertz CT molecular complexity index is 1120. The first-order valence-electron chi connectivity index (χ1n) is 9.11. The van der Waals surface area contributed by atoms with Crippen molar-refractivity contribution in [2.45, 2.75) is 20.4 Å². The van der Waals surface area contributed by atoms with Crippen LogP contribution in [-0.4, -0.2) is 41.9 Å². The summed E-state index contributed by atoms with van der Waals surface area (Å²) in [6.07, 6.45) is 2.73. The van der Waals surface area contributed by atoms with E-state index < -0.39 is 15.9 Å². The van der Waals surface area contributed by atoms with Crippen LogP contribution in [0, 0.1) is 6.92 Å². The van der Waals surface area contributed by atoms with Crippen molar-refractivity contribution in [1.29, 1.82) is 0 Å². The van der Waals surface area contributed by atoms with Gasteiger partial charge in [0, 0.05) is 17.8 Å². The van der Waals surface area contributed by atoms with Gasteiger partial charge in [0.1, 0.15) is 12.9 Å². The van der Waals surface area contributed by atoms with Gasteiger partial charge >= 0.3 is 0 Å². The van der Waals surface area contributed by atoms with E-state index in [4.69, 9.17) is 0 Å². The standard InChI is InChI=1S/C20H23N5O3S/c1-4-24-14-21-23-20(24)16-9-7-10-17(12-16)22-19(26)13-25(29(3,27)28)18-11-6-5-8-15(18)2/h5-12,14H,4,13H2,1-3H3,(H,22,26). The van der Waals surface area contributed by atoms with Gasteiger partial charge in [-0.25, -0.2) is 8.42 Å². The average molecular weight is 414 g/mol. The van der Waals surface area contributed by atoms with E-state index in [0.717, 1.165) is 28.2 Å². The second-order valence-corrected chi connectivity index (χ2v) is 8.53. The number of aromatic nitrogens is 3. The number of rotatable bonds is 7. The molecule has 2 aromatic carbocycles. The van der Waals surface area contributed by atoms with Crippen molar-refractivity contribution < 1.29 is 13.2 Å². The fourth-order valence-corrected chi connectivity index (χ4v) is 3.92. The van der Waals surface area contributed by atoms with E-state index >= 15 is 0 Å². The summed E-state index contributed by atoms with van der Waals surface area (Å²) in [5.41, 5.74) is 2.61. The monoisotopic (exact) mass is 413 g/mol. The average Bonchev–Trinajstić information content (AvgIpc) is 3.15. The lowest BCUT2D eigenvalue weighted by atomic mass is 10.2. The zero-order valence-corrected chi connectivity index (χ0v) is 17.3. The molecule has 1 heterocycles. The number of hydrogen-bond donors (Lipinski definition) is 1. The number of carbonyl (C=O) groups excluding carboxylic acids is 1. The molecule has 3 rings (SSSR count). The van der Waals surface area contributed by atoms with E-state index in [0.29, 0.717) is 17.2 Å². The highest BCUT2D eigenvalue weighted by Gasteiger charge is 2.22. The van der Waals surface area contributed by atoms with Gasteiger partial charge in [0.25, 0.3) is 0 Å². The number of benzene rings is 2. The summed E-state index contributed by atoms with van der Waals surface area (Å²) in [4.78, 5) is 12.6. The molecule has 29 heavy (non-hydrogen) atoms. The Labute approximate surface area is 170 Å². The van der Waals surface area contributed by atoms with Gasteiger partial charge in [-0.2, -0.15) is 0 Å². The van der Waals surface area contributed by atoms with Crippen molar-refractivity contribution in [3.05, 3.63) is 60.4 Å². The zero-order valence-electron chi connectivity index (χ0n) is 16.5. The number of para-hydroxylation sites is 1. The molecule has 0 saturated heterocycles. The quantitative estimate of drug-likeness (QED) is 0.642. The topological polar surface area (TPSA) is 97.2 Å². The molecule has 0 bridgehead atoms. The van der Waals surface area contributed by atoms with Crippen LogP contribution in [0.15, 0.2) is 54.9 Å². The minimum absolute atomic E-state index is 0.320. The molecule has 0 fully saturated rings. The molecule has 1 aromatic heterocycles. The fourth-order valence-electron chi connectivity index (χ4n) is 3.00. The summed E-state index contributed by atoms with van der Waals surface area (Å²) < 4.78 is 27.6. The fraction of sp³-hybridized carbons (Fsp3) is 0.250. The maximum absolute atomic E-state index is 12.6. The first kappa shape index (κ1) is 20.5. The van der Waals surface area contributed by atoms with E-state index in [2.05, 4.69) is 15.5 Å². The maximum Gasteiger partial charge on any atom is 0.245 e. The van der Waals surface area contributed by atoms with Crippen LogP contribution in [0.25, 0.3) is 11.4 Å². The second-order valence-electron chi connectivity index (χ2n) is 6.63. The molecule has 0 atom stereocenters. The molecule has 0 aliphatic carbocycles. The van der Waals surface area contributed by atoms with Crippen molar-refractivity contribution in [3.63, 3.8) is 0 Å². The number of nitrogens with one attached hydrogen (secondary N) is 1. The van der Waals surface area contributed by atoms with Crippen LogP contribution in [0.2, 0.25) is 0 Å². The molecule has 0 radical (unpaired) electrons. The van der Waals surface area contributed by atoms with Crippen LogP contribution in [0.1, 0.15) is 12.5 Å². The minimum atomic E-state index is -3.63. The van der Waals surface area contributed by atoms with Crippen LogP contribution in [-0.2, 0) is 21.4 Å². The first-order valence-corrected chi connectivity index (χ1v) is 11.0. The van der Waals surface area contributed by atoms with Crippen LogP contribution in [0.5, 0.6) is 0 Å². The third-order valence-electron chi connectivity index (χ3n) is 4.43. The normalized spacial score (nSPS) is 11.3. The van der Waals surface area contributed by atoms with Crippen molar-refractivity contribution in [2.75, 3.05) is 22.4 Å². The van der Waals surface area contributed by atoms with Crippen LogP contribution in [0.3, 0.4) is 0 Å². The number of carbonyl (C=O) groups is 1. The molecule has 3 aromatic rings. The van der Waals surface area contributed by atoms with Crippen molar-refractivity contribution in [1.82, 2.24) is 14.8 Å².